The number of amides is 1. The van der Waals surface area contributed by atoms with Gasteiger partial charge in [0.1, 0.15) is 0 Å². The van der Waals surface area contributed by atoms with Gasteiger partial charge in [-0.1, -0.05) is 40.4 Å². The van der Waals surface area contributed by atoms with Crippen LogP contribution in [-0.4, -0.2) is 17.4 Å². The molecule has 0 unspecified atom stereocenters. The van der Waals surface area contributed by atoms with E-state index in [9.17, 15) is 4.79 Å². The fraction of sp³-hybridized carbons (Fsp3) is 0.462. The molecule has 0 radical (unpaired) electrons. The number of hydrogen-bond acceptors (Lipinski definition) is 1. The van der Waals surface area contributed by atoms with Crippen molar-refractivity contribution in [3.8, 4) is 0 Å². The zero-order valence-corrected chi connectivity index (χ0v) is 11.7. The molecule has 1 aliphatic carbocycles. The van der Waals surface area contributed by atoms with Gasteiger partial charge in [0.15, 0.2) is 0 Å². The fourth-order valence-corrected chi connectivity index (χ4v) is 3.31. The largest absolute Gasteiger partial charge is 0.334 e. The summed E-state index contributed by atoms with van der Waals surface area (Å²) >= 11 is 9.55. The van der Waals surface area contributed by atoms with Crippen molar-refractivity contribution in [2.75, 3.05) is 6.54 Å². The van der Waals surface area contributed by atoms with E-state index >= 15 is 0 Å². The highest BCUT2D eigenvalue weighted by Crippen LogP contribution is 2.35. The van der Waals surface area contributed by atoms with E-state index in [1.807, 2.05) is 11.0 Å². The maximum absolute atomic E-state index is 12.2. The highest BCUT2D eigenvalue weighted by atomic mass is 79.9. The van der Waals surface area contributed by atoms with Gasteiger partial charge < -0.3 is 4.90 Å². The van der Waals surface area contributed by atoms with Gasteiger partial charge in [-0.05, 0) is 30.0 Å². The molecule has 1 aliphatic heterocycles. The molecule has 0 bridgehead atoms. The van der Waals surface area contributed by atoms with Gasteiger partial charge in [0.05, 0.1) is 10.6 Å². The number of fused-ring (bicyclic) bond motifs is 1. The van der Waals surface area contributed by atoms with Gasteiger partial charge in [-0.3, -0.25) is 4.79 Å². The number of carbonyl (C=O) groups is 1. The number of halogens is 2. The Bertz CT molecular complexity index is 485. The molecule has 0 N–H and O–H groups in total. The van der Waals surface area contributed by atoms with E-state index < -0.39 is 0 Å². The molecule has 1 saturated carbocycles. The highest BCUT2D eigenvalue weighted by Gasteiger charge is 2.31. The Labute approximate surface area is 114 Å². The minimum atomic E-state index is 0.0955. The smallest absolute Gasteiger partial charge is 0.256 e. The van der Waals surface area contributed by atoms with Crippen molar-refractivity contribution in [1.29, 1.82) is 0 Å². The van der Waals surface area contributed by atoms with E-state index in [1.165, 1.54) is 12.8 Å². The van der Waals surface area contributed by atoms with E-state index in [0.29, 0.717) is 17.1 Å². The minimum Gasteiger partial charge on any atom is -0.334 e. The van der Waals surface area contributed by atoms with E-state index in [1.54, 1.807) is 6.07 Å². The van der Waals surface area contributed by atoms with Crippen molar-refractivity contribution in [2.24, 2.45) is 5.92 Å². The van der Waals surface area contributed by atoms with Crippen molar-refractivity contribution in [3.05, 3.63) is 32.8 Å². The first-order chi connectivity index (χ1) is 8.15. The third-order valence-corrected chi connectivity index (χ3v) is 4.26. The minimum absolute atomic E-state index is 0.0955. The van der Waals surface area contributed by atoms with Crippen LogP contribution in [0.2, 0.25) is 5.02 Å². The third kappa shape index (κ3) is 2.23. The lowest BCUT2D eigenvalue weighted by Crippen LogP contribution is -2.25. The monoisotopic (exact) mass is 313 g/mol. The highest BCUT2D eigenvalue weighted by molar-refractivity contribution is 9.10. The molecule has 90 valence electrons. The van der Waals surface area contributed by atoms with Gasteiger partial charge in [-0.25, -0.2) is 0 Å². The third-order valence-electron chi connectivity index (χ3n) is 3.50. The second-order valence-electron chi connectivity index (χ2n) is 4.88. The molecule has 0 aromatic heterocycles. The zero-order chi connectivity index (χ0) is 12.0. The Balaban J connectivity index is 1.81. The molecule has 1 amide bonds. The molecule has 2 aliphatic rings. The first-order valence-electron chi connectivity index (χ1n) is 5.92. The second kappa shape index (κ2) is 4.29. The molecule has 0 atom stereocenters. The molecule has 1 aromatic carbocycles. The SMILES string of the molecule is O=C1c2c(Cl)cc(Br)cc2CN1CCC1CC1. The number of hydrogen-bond donors (Lipinski definition) is 0. The predicted octanol–water partition coefficient (Wildman–Crippen LogP) is 3.86. The van der Waals surface area contributed by atoms with Crippen LogP contribution in [0, 0.1) is 5.92 Å². The van der Waals surface area contributed by atoms with Crippen LogP contribution in [0.1, 0.15) is 35.2 Å². The number of rotatable bonds is 3. The van der Waals surface area contributed by atoms with Crippen molar-refractivity contribution in [3.63, 3.8) is 0 Å². The molecular formula is C13H13BrClNO. The maximum atomic E-state index is 12.2. The lowest BCUT2D eigenvalue weighted by atomic mass is 10.1. The average molecular weight is 315 g/mol. The van der Waals surface area contributed by atoms with Crippen molar-refractivity contribution >= 4 is 33.4 Å². The normalized spacial score (nSPS) is 18.7. The van der Waals surface area contributed by atoms with Gasteiger partial charge in [0.25, 0.3) is 5.91 Å². The van der Waals surface area contributed by atoms with Crippen LogP contribution < -0.4 is 0 Å². The summed E-state index contributed by atoms with van der Waals surface area (Å²) in [7, 11) is 0. The summed E-state index contributed by atoms with van der Waals surface area (Å²) in [6.45, 7) is 1.58. The van der Waals surface area contributed by atoms with Crippen LogP contribution in [0.5, 0.6) is 0 Å². The molecule has 1 aromatic rings. The Morgan fingerprint density at radius 1 is 1.41 bits per heavy atom. The zero-order valence-electron chi connectivity index (χ0n) is 9.38. The summed E-state index contributed by atoms with van der Waals surface area (Å²) < 4.78 is 0.943. The fourth-order valence-electron chi connectivity index (χ4n) is 2.35. The number of benzene rings is 1. The van der Waals surface area contributed by atoms with Crippen LogP contribution in [0.15, 0.2) is 16.6 Å². The van der Waals surface area contributed by atoms with Crippen LogP contribution in [0.25, 0.3) is 0 Å². The van der Waals surface area contributed by atoms with Gasteiger partial charge in [-0.15, -0.1) is 0 Å². The summed E-state index contributed by atoms with van der Waals surface area (Å²) in [6, 6.07) is 3.79. The lowest BCUT2D eigenvalue weighted by molar-refractivity contribution is 0.0774. The van der Waals surface area contributed by atoms with Crippen molar-refractivity contribution in [1.82, 2.24) is 4.90 Å². The second-order valence-corrected chi connectivity index (χ2v) is 6.20. The molecular weight excluding hydrogens is 302 g/mol. The van der Waals surface area contributed by atoms with E-state index in [2.05, 4.69) is 15.9 Å². The topological polar surface area (TPSA) is 20.3 Å². The van der Waals surface area contributed by atoms with Gasteiger partial charge >= 0.3 is 0 Å². The number of carbonyl (C=O) groups excluding carboxylic acids is 1. The molecule has 1 heterocycles. The standard InChI is InChI=1S/C13H13BrClNO/c14-10-5-9-7-16(4-3-8-1-2-8)13(17)12(9)11(15)6-10/h5-6,8H,1-4,7H2. The Morgan fingerprint density at radius 2 is 2.18 bits per heavy atom. The van der Waals surface area contributed by atoms with Gasteiger partial charge in [0.2, 0.25) is 0 Å². The molecule has 2 nitrogen and oxygen atoms in total. The van der Waals surface area contributed by atoms with E-state index in [-0.39, 0.29) is 5.91 Å². The average Bonchev–Trinajstić information content (AvgIpc) is 3.01. The molecule has 0 spiro atoms. The van der Waals surface area contributed by atoms with Crippen LogP contribution in [-0.2, 0) is 6.54 Å². The molecule has 4 heteroatoms. The van der Waals surface area contributed by atoms with Crippen molar-refractivity contribution in [2.45, 2.75) is 25.8 Å². The summed E-state index contributed by atoms with van der Waals surface area (Å²) in [6.07, 6.45) is 3.81. The number of nitrogens with zero attached hydrogens (tertiary/aromatic N) is 1. The summed E-state index contributed by atoms with van der Waals surface area (Å²) in [5.74, 6) is 0.951. The van der Waals surface area contributed by atoms with Crippen LogP contribution in [0.4, 0.5) is 0 Å². The Hall–Kier alpha value is -0.540. The molecule has 17 heavy (non-hydrogen) atoms. The Morgan fingerprint density at radius 3 is 2.88 bits per heavy atom. The van der Waals surface area contributed by atoms with Gasteiger partial charge in [-0.2, -0.15) is 0 Å². The molecule has 3 rings (SSSR count). The van der Waals surface area contributed by atoms with E-state index in [4.69, 9.17) is 11.6 Å². The quantitative estimate of drug-likeness (QED) is 0.829. The predicted molar refractivity (Wildman–Crippen MR) is 71.2 cm³/mol. The van der Waals surface area contributed by atoms with E-state index in [0.717, 1.165) is 28.9 Å². The van der Waals surface area contributed by atoms with Gasteiger partial charge in [0, 0.05) is 17.6 Å². The first-order valence-corrected chi connectivity index (χ1v) is 7.09. The Kier molecular flexibility index (Phi) is 2.91. The summed E-state index contributed by atoms with van der Waals surface area (Å²) in [5.41, 5.74) is 1.75. The van der Waals surface area contributed by atoms with Crippen LogP contribution in [0.3, 0.4) is 0 Å². The first kappa shape index (κ1) is 11.5. The lowest BCUT2D eigenvalue weighted by Gasteiger charge is -2.14. The van der Waals surface area contributed by atoms with Crippen molar-refractivity contribution < 1.29 is 4.79 Å². The summed E-state index contributed by atoms with van der Waals surface area (Å²) in [4.78, 5) is 14.1. The molecule has 1 fully saturated rings. The van der Waals surface area contributed by atoms with Crippen LogP contribution >= 0.6 is 27.5 Å². The summed E-state index contributed by atoms with van der Waals surface area (Å²) in [5, 5.41) is 0.563. The molecule has 0 saturated heterocycles. The maximum Gasteiger partial charge on any atom is 0.256 e.